The van der Waals surface area contributed by atoms with E-state index in [-0.39, 0.29) is 28.7 Å². The number of pyridine rings is 1. The predicted molar refractivity (Wildman–Crippen MR) is 177 cm³/mol. The largest absolute Gasteiger partial charge is 0.343 e. The van der Waals surface area contributed by atoms with Gasteiger partial charge in [-0.15, -0.1) is 0 Å². The van der Waals surface area contributed by atoms with Crippen LogP contribution in [-0.4, -0.2) is 39.9 Å². The second-order valence-corrected chi connectivity index (χ2v) is 13.7. The van der Waals surface area contributed by atoms with Crippen LogP contribution in [0.5, 0.6) is 0 Å². The van der Waals surface area contributed by atoms with Gasteiger partial charge in [-0.3, -0.25) is 9.78 Å². The second-order valence-electron chi connectivity index (χ2n) is 10.9. The molecule has 234 valence electrons. The van der Waals surface area contributed by atoms with Gasteiger partial charge in [0.25, 0.3) is 5.91 Å². The molecule has 3 aromatic carbocycles. The third-order valence-electron chi connectivity index (χ3n) is 7.67. The lowest BCUT2D eigenvalue weighted by molar-refractivity contribution is 0.0932. The lowest BCUT2D eigenvalue weighted by atomic mass is 9.98. The molecule has 1 unspecified atom stereocenters. The lowest BCUT2D eigenvalue weighted by Gasteiger charge is -2.29. The molecule has 1 aliphatic heterocycles. The molecule has 8 nitrogen and oxygen atoms in total. The number of hydrogen-bond donors (Lipinski definition) is 1. The van der Waals surface area contributed by atoms with Crippen molar-refractivity contribution in [2.75, 3.05) is 6.54 Å². The van der Waals surface area contributed by atoms with Crippen LogP contribution in [0, 0.1) is 12.7 Å². The number of sulfonamides is 1. The number of rotatable bonds is 7. The highest BCUT2D eigenvalue weighted by atomic mass is 35.5. The van der Waals surface area contributed by atoms with Crippen LogP contribution in [0.2, 0.25) is 10.0 Å². The fourth-order valence-corrected chi connectivity index (χ4v) is 7.19. The normalized spacial score (nSPS) is 15.0. The monoisotopic (exact) mass is 675 g/mol. The van der Waals surface area contributed by atoms with Crippen LogP contribution in [0.15, 0.2) is 96.0 Å². The highest BCUT2D eigenvalue weighted by Crippen LogP contribution is 2.38. The van der Waals surface area contributed by atoms with E-state index in [9.17, 15) is 17.6 Å². The number of hydrogen-bond acceptors (Lipinski definition) is 5. The molecule has 0 radical (unpaired) electrons. The Morgan fingerprint density at radius 1 is 1.00 bits per heavy atom. The van der Waals surface area contributed by atoms with Gasteiger partial charge in [-0.25, -0.2) is 17.5 Å². The summed E-state index contributed by atoms with van der Waals surface area (Å²) in [5.41, 5.74) is 4.06. The summed E-state index contributed by atoms with van der Waals surface area (Å²) in [6.07, 6.45) is 3.40. The SMILES string of the molecule is Cc1ccc(S(=O)(=O)N2CC(=Cc3ccc(F)cc3)c3c(c(C(=O)NC(C)c4ccccn4)nn3-c3ccc(Cl)cc3Cl)C2)cc1. The van der Waals surface area contributed by atoms with Gasteiger partial charge in [0.2, 0.25) is 10.0 Å². The second kappa shape index (κ2) is 12.8. The summed E-state index contributed by atoms with van der Waals surface area (Å²) in [6, 6.07) is 22.2. The minimum atomic E-state index is -4.02. The van der Waals surface area contributed by atoms with Crippen LogP contribution in [0.3, 0.4) is 0 Å². The van der Waals surface area contributed by atoms with Crippen molar-refractivity contribution in [3.8, 4) is 5.69 Å². The Hall–Kier alpha value is -4.35. The number of benzene rings is 3. The Kier molecular flexibility index (Phi) is 8.80. The van der Waals surface area contributed by atoms with Crippen molar-refractivity contribution in [3.05, 3.63) is 141 Å². The first kappa shape index (κ1) is 31.6. The first-order valence-corrected chi connectivity index (χ1v) is 16.5. The molecule has 1 N–H and O–H groups in total. The predicted octanol–water partition coefficient (Wildman–Crippen LogP) is 7.26. The molecule has 12 heteroatoms. The van der Waals surface area contributed by atoms with E-state index in [1.165, 1.54) is 16.4 Å². The quantitative estimate of drug-likeness (QED) is 0.196. The number of fused-ring (bicyclic) bond motifs is 1. The maximum Gasteiger partial charge on any atom is 0.272 e. The average molecular weight is 677 g/mol. The van der Waals surface area contributed by atoms with Gasteiger partial charge in [0.1, 0.15) is 5.82 Å². The van der Waals surface area contributed by atoms with E-state index >= 15 is 0 Å². The number of halogens is 3. The Morgan fingerprint density at radius 3 is 2.41 bits per heavy atom. The van der Waals surface area contributed by atoms with E-state index in [0.29, 0.717) is 38.8 Å². The summed E-state index contributed by atoms with van der Waals surface area (Å²) >= 11 is 12.9. The fourth-order valence-electron chi connectivity index (χ4n) is 5.31. The third-order valence-corrected chi connectivity index (χ3v) is 10.0. The Balaban J connectivity index is 1.54. The molecule has 46 heavy (non-hydrogen) atoms. The van der Waals surface area contributed by atoms with E-state index < -0.39 is 27.8 Å². The van der Waals surface area contributed by atoms with E-state index in [1.54, 1.807) is 90.6 Å². The van der Waals surface area contributed by atoms with Crippen LogP contribution in [-0.2, 0) is 16.6 Å². The highest BCUT2D eigenvalue weighted by Gasteiger charge is 2.37. The average Bonchev–Trinajstić information content (AvgIpc) is 3.42. The summed E-state index contributed by atoms with van der Waals surface area (Å²) in [5.74, 6) is -0.928. The standard InChI is InChI=1S/C34H28Cl2FN5O3S/c1-21-6-13-27(14-7-21)46(44,45)41-19-24(17-23-8-11-26(37)12-9-23)33-28(20-41)32(34(43)39-22(2)30-5-3-4-16-38-30)40-42(33)31-15-10-25(35)18-29(31)36/h3-18,22H,19-20H2,1-2H3,(H,39,43). The summed E-state index contributed by atoms with van der Waals surface area (Å²) in [6.45, 7) is 3.48. The van der Waals surface area contributed by atoms with Gasteiger partial charge in [-0.1, -0.05) is 59.1 Å². The van der Waals surface area contributed by atoms with Gasteiger partial charge in [0.05, 0.1) is 33.0 Å². The van der Waals surface area contributed by atoms with E-state index in [1.807, 2.05) is 13.0 Å². The number of aryl methyl sites for hydroxylation is 1. The lowest BCUT2D eigenvalue weighted by Crippen LogP contribution is -2.37. The molecule has 0 fully saturated rings. The number of carbonyl (C=O) groups is 1. The summed E-state index contributed by atoms with van der Waals surface area (Å²) in [5, 5.41) is 8.38. The van der Waals surface area contributed by atoms with Crippen LogP contribution in [0.4, 0.5) is 4.39 Å². The number of carbonyl (C=O) groups excluding carboxylic acids is 1. The molecule has 1 aliphatic rings. The number of nitrogens with one attached hydrogen (secondary N) is 1. The molecule has 1 atom stereocenters. The zero-order valence-corrected chi connectivity index (χ0v) is 27.1. The van der Waals surface area contributed by atoms with Crippen molar-refractivity contribution in [1.29, 1.82) is 0 Å². The van der Waals surface area contributed by atoms with Crippen LogP contribution < -0.4 is 5.32 Å². The highest BCUT2D eigenvalue weighted by molar-refractivity contribution is 7.89. The van der Waals surface area contributed by atoms with Gasteiger partial charge in [0.15, 0.2) is 5.69 Å². The first-order valence-electron chi connectivity index (χ1n) is 14.3. The Morgan fingerprint density at radius 2 is 1.74 bits per heavy atom. The van der Waals surface area contributed by atoms with Crippen molar-refractivity contribution in [3.63, 3.8) is 0 Å². The van der Waals surface area contributed by atoms with Crippen molar-refractivity contribution >= 4 is 50.8 Å². The van der Waals surface area contributed by atoms with Crippen LogP contribution in [0.1, 0.15) is 51.5 Å². The van der Waals surface area contributed by atoms with Crippen molar-refractivity contribution in [2.24, 2.45) is 0 Å². The molecule has 2 aromatic heterocycles. The molecular formula is C34H28Cl2FN5O3S. The van der Waals surface area contributed by atoms with E-state index in [0.717, 1.165) is 5.56 Å². The van der Waals surface area contributed by atoms with E-state index in [2.05, 4.69) is 10.3 Å². The van der Waals surface area contributed by atoms with Crippen LogP contribution >= 0.6 is 23.2 Å². The zero-order valence-electron chi connectivity index (χ0n) is 24.8. The molecule has 1 amide bonds. The Labute approximate surface area is 276 Å². The summed E-state index contributed by atoms with van der Waals surface area (Å²) in [7, 11) is -4.02. The number of amides is 1. The van der Waals surface area contributed by atoms with Crippen LogP contribution in [0.25, 0.3) is 17.3 Å². The zero-order chi connectivity index (χ0) is 32.6. The maximum atomic E-state index is 14.0. The molecule has 0 saturated heterocycles. The first-order chi connectivity index (χ1) is 22.0. The number of aromatic nitrogens is 3. The third kappa shape index (κ3) is 6.34. The molecule has 5 aromatic rings. The molecular weight excluding hydrogens is 648 g/mol. The fraction of sp³-hybridized carbons (Fsp3) is 0.147. The summed E-state index contributed by atoms with van der Waals surface area (Å²) < 4.78 is 44.8. The smallest absolute Gasteiger partial charge is 0.272 e. The minimum Gasteiger partial charge on any atom is -0.343 e. The molecule has 0 bridgehead atoms. The van der Waals surface area contributed by atoms with Gasteiger partial charge in [0, 0.05) is 29.9 Å². The minimum absolute atomic E-state index is 0.0256. The maximum absolute atomic E-state index is 14.0. The summed E-state index contributed by atoms with van der Waals surface area (Å²) in [4.78, 5) is 18.4. The Bertz CT molecular complexity index is 2070. The van der Waals surface area contributed by atoms with E-state index in [4.69, 9.17) is 28.3 Å². The van der Waals surface area contributed by atoms with Gasteiger partial charge >= 0.3 is 0 Å². The topological polar surface area (TPSA) is 97.2 Å². The molecule has 0 saturated carbocycles. The molecule has 0 aliphatic carbocycles. The van der Waals surface area contributed by atoms with Gasteiger partial charge in [-0.05, 0) is 85.7 Å². The molecule has 3 heterocycles. The van der Waals surface area contributed by atoms with Crippen molar-refractivity contribution in [1.82, 2.24) is 24.4 Å². The van der Waals surface area contributed by atoms with Gasteiger partial charge in [-0.2, -0.15) is 9.40 Å². The number of nitrogens with zero attached hydrogens (tertiary/aromatic N) is 4. The molecule has 6 rings (SSSR count). The van der Waals surface area contributed by atoms with Gasteiger partial charge < -0.3 is 5.32 Å². The molecule has 0 spiro atoms. The van der Waals surface area contributed by atoms with Crippen molar-refractivity contribution in [2.45, 2.75) is 31.3 Å². The van der Waals surface area contributed by atoms with Crippen molar-refractivity contribution < 1.29 is 17.6 Å².